The SMILES string of the molecule is CC(C)C1CCCCC1NC1CCC(O)CC1. The molecule has 0 spiro atoms. The molecule has 0 aromatic rings. The van der Waals surface area contributed by atoms with Gasteiger partial charge in [0.2, 0.25) is 0 Å². The molecule has 0 saturated heterocycles. The van der Waals surface area contributed by atoms with Crippen LogP contribution < -0.4 is 5.32 Å². The molecule has 2 aliphatic carbocycles. The summed E-state index contributed by atoms with van der Waals surface area (Å²) >= 11 is 0. The first kappa shape index (κ1) is 13.4. The Labute approximate surface area is 106 Å². The summed E-state index contributed by atoms with van der Waals surface area (Å²) in [5, 5.41) is 13.4. The van der Waals surface area contributed by atoms with Gasteiger partial charge < -0.3 is 10.4 Å². The van der Waals surface area contributed by atoms with Crippen LogP contribution in [-0.4, -0.2) is 23.3 Å². The van der Waals surface area contributed by atoms with Gasteiger partial charge in [-0.05, 0) is 50.4 Å². The maximum absolute atomic E-state index is 9.55. The fourth-order valence-corrected chi connectivity index (χ4v) is 3.71. The Morgan fingerprint density at radius 3 is 2.24 bits per heavy atom. The average molecular weight is 239 g/mol. The molecule has 2 fully saturated rings. The lowest BCUT2D eigenvalue weighted by molar-refractivity contribution is 0.104. The zero-order chi connectivity index (χ0) is 12.3. The van der Waals surface area contributed by atoms with Crippen molar-refractivity contribution in [3.8, 4) is 0 Å². The van der Waals surface area contributed by atoms with Gasteiger partial charge in [-0.25, -0.2) is 0 Å². The average Bonchev–Trinajstić information content (AvgIpc) is 2.32. The molecule has 2 N–H and O–H groups in total. The monoisotopic (exact) mass is 239 g/mol. The zero-order valence-corrected chi connectivity index (χ0v) is 11.5. The van der Waals surface area contributed by atoms with Crippen molar-refractivity contribution >= 4 is 0 Å². The summed E-state index contributed by atoms with van der Waals surface area (Å²) in [6.07, 6.45) is 9.89. The van der Waals surface area contributed by atoms with Gasteiger partial charge in [-0.3, -0.25) is 0 Å². The minimum absolute atomic E-state index is 0.0275. The molecule has 2 unspecified atom stereocenters. The van der Waals surface area contributed by atoms with Crippen molar-refractivity contribution in [2.24, 2.45) is 11.8 Å². The first-order valence-corrected chi connectivity index (χ1v) is 7.61. The highest BCUT2D eigenvalue weighted by molar-refractivity contribution is 4.87. The summed E-state index contributed by atoms with van der Waals surface area (Å²) in [5.74, 6) is 1.68. The standard InChI is InChI=1S/C15H29NO/c1-11(2)14-5-3-4-6-15(14)16-12-7-9-13(17)10-8-12/h11-17H,3-10H2,1-2H3. The van der Waals surface area contributed by atoms with Crippen molar-refractivity contribution < 1.29 is 5.11 Å². The molecule has 17 heavy (non-hydrogen) atoms. The second kappa shape index (κ2) is 6.19. The summed E-state index contributed by atoms with van der Waals surface area (Å²) in [4.78, 5) is 0. The van der Waals surface area contributed by atoms with Crippen LogP contribution in [0.25, 0.3) is 0 Å². The number of hydrogen-bond donors (Lipinski definition) is 2. The van der Waals surface area contributed by atoms with E-state index < -0.39 is 0 Å². The fourth-order valence-electron chi connectivity index (χ4n) is 3.71. The quantitative estimate of drug-likeness (QED) is 0.793. The Kier molecular flexibility index (Phi) is 4.87. The van der Waals surface area contributed by atoms with Crippen LogP contribution in [0.1, 0.15) is 65.2 Å². The fraction of sp³-hybridized carbons (Fsp3) is 1.00. The van der Waals surface area contributed by atoms with E-state index in [-0.39, 0.29) is 6.10 Å². The smallest absolute Gasteiger partial charge is 0.0541 e. The van der Waals surface area contributed by atoms with Crippen molar-refractivity contribution in [1.82, 2.24) is 5.32 Å². The molecule has 2 aliphatic rings. The second-order valence-electron chi connectivity index (χ2n) is 6.47. The molecule has 0 aliphatic heterocycles. The highest BCUT2D eigenvalue weighted by Crippen LogP contribution is 2.31. The molecule has 2 nitrogen and oxygen atoms in total. The lowest BCUT2D eigenvalue weighted by Gasteiger charge is -2.39. The van der Waals surface area contributed by atoms with E-state index in [1.807, 2.05) is 0 Å². The first-order valence-electron chi connectivity index (χ1n) is 7.61. The highest BCUT2D eigenvalue weighted by Gasteiger charge is 2.30. The van der Waals surface area contributed by atoms with E-state index in [4.69, 9.17) is 0 Å². The summed E-state index contributed by atoms with van der Waals surface area (Å²) in [6.45, 7) is 4.74. The summed E-state index contributed by atoms with van der Waals surface area (Å²) in [6, 6.07) is 1.41. The van der Waals surface area contributed by atoms with Crippen LogP contribution in [0.4, 0.5) is 0 Å². The second-order valence-corrected chi connectivity index (χ2v) is 6.47. The third kappa shape index (κ3) is 3.69. The molecule has 0 bridgehead atoms. The Hall–Kier alpha value is -0.0800. The van der Waals surface area contributed by atoms with E-state index >= 15 is 0 Å². The third-order valence-electron chi connectivity index (χ3n) is 4.82. The van der Waals surface area contributed by atoms with Crippen LogP contribution in [0.2, 0.25) is 0 Å². The van der Waals surface area contributed by atoms with Gasteiger partial charge in [0, 0.05) is 12.1 Å². The van der Waals surface area contributed by atoms with Crippen LogP contribution in [0.15, 0.2) is 0 Å². The molecule has 0 heterocycles. The number of aliphatic hydroxyl groups excluding tert-OH is 1. The van der Waals surface area contributed by atoms with Crippen LogP contribution in [0, 0.1) is 11.8 Å². The molecule has 0 aromatic heterocycles. The lowest BCUT2D eigenvalue weighted by Crippen LogP contribution is -2.47. The van der Waals surface area contributed by atoms with E-state index in [1.165, 1.54) is 38.5 Å². The summed E-state index contributed by atoms with van der Waals surface area (Å²) in [5.41, 5.74) is 0. The normalized spacial score (nSPS) is 39.5. The van der Waals surface area contributed by atoms with Gasteiger partial charge in [0.05, 0.1) is 6.10 Å². The van der Waals surface area contributed by atoms with Crippen molar-refractivity contribution in [2.75, 3.05) is 0 Å². The molecule has 2 rings (SSSR count). The van der Waals surface area contributed by atoms with E-state index in [0.29, 0.717) is 6.04 Å². The Balaban J connectivity index is 1.83. The zero-order valence-electron chi connectivity index (χ0n) is 11.5. The minimum Gasteiger partial charge on any atom is -0.393 e. The van der Waals surface area contributed by atoms with Crippen molar-refractivity contribution in [1.29, 1.82) is 0 Å². The number of nitrogens with one attached hydrogen (secondary N) is 1. The van der Waals surface area contributed by atoms with Gasteiger partial charge in [-0.2, -0.15) is 0 Å². The maximum Gasteiger partial charge on any atom is 0.0541 e. The molecule has 0 amide bonds. The first-order chi connectivity index (χ1) is 8.16. The van der Waals surface area contributed by atoms with E-state index in [2.05, 4.69) is 19.2 Å². The van der Waals surface area contributed by atoms with Crippen molar-refractivity contribution in [3.05, 3.63) is 0 Å². The Bertz CT molecular complexity index is 221. The molecule has 2 atom stereocenters. The van der Waals surface area contributed by atoms with E-state index in [0.717, 1.165) is 30.7 Å². The number of hydrogen-bond acceptors (Lipinski definition) is 2. The van der Waals surface area contributed by atoms with Crippen LogP contribution in [0.3, 0.4) is 0 Å². The molecule has 0 aromatic carbocycles. The van der Waals surface area contributed by atoms with Crippen LogP contribution in [-0.2, 0) is 0 Å². The molecule has 2 saturated carbocycles. The van der Waals surface area contributed by atoms with Gasteiger partial charge in [0.1, 0.15) is 0 Å². The number of aliphatic hydroxyl groups is 1. The molecular weight excluding hydrogens is 210 g/mol. The summed E-state index contributed by atoms with van der Waals surface area (Å²) < 4.78 is 0. The van der Waals surface area contributed by atoms with Crippen molar-refractivity contribution in [3.63, 3.8) is 0 Å². The van der Waals surface area contributed by atoms with E-state index in [9.17, 15) is 5.11 Å². The topological polar surface area (TPSA) is 32.3 Å². The molecular formula is C15H29NO. The third-order valence-corrected chi connectivity index (χ3v) is 4.82. The Morgan fingerprint density at radius 2 is 1.59 bits per heavy atom. The van der Waals surface area contributed by atoms with Gasteiger partial charge in [-0.1, -0.05) is 26.7 Å². The Morgan fingerprint density at radius 1 is 0.941 bits per heavy atom. The van der Waals surface area contributed by atoms with Crippen LogP contribution in [0.5, 0.6) is 0 Å². The largest absolute Gasteiger partial charge is 0.393 e. The predicted octanol–water partition coefficient (Wildman–Crippen LogP) is 3.09. The lowest BCUT2D eigenvalue weighted by atomic mass is 9.77. The van der Waals surface area contributed by atoms with Gasteiger partial charge in [0.25, 0.3) is 0 Å². The van der Waals surface area contributed by atoms with Gasteiger partial charge in [0.15, 0.2) is 0 Å². The maximum atomic E-state index is 9.55. The summed E-state index contributed by atoms with van der Waals surface area (Å²) in [7, 11) is 0. The predicted molar refractivity (Wildman–Crippen MR) is 72.0 cm³/mol. The minimum atomic E-state index is -0.0275. The van der Waals surface area contributed by atoms with Gasteiger partial charge in [-0.15, -0.1) is 0 Å². The molecule has 2 heteroatoms. The van der Waals surface area contributed by atoms with E-state index in [1.54, 1.807) is 0 Å². The van der Waals surface area contributed by atoms with Crippen LogP contribution >= 0.6 is 0 Å². The molecule has 0 radical (unpaired) electrons. The molecule has 100 valence electrons. The van der Waals surface area contributed by atoms with Gasteiger partial charge >= 0.3 is 0 Å². The highest BCUT2D eigenvalue weighted by atomic mass is 16.3. The number of rotatable bonds is 3. The van der Waals surface area contributed by atoms with Crippen molar-refractivity contribution in [2.45, 2.75) is 83.4 Å².